The third-order valence-electron chi connectivity index (χ3n) is 2.10. The van der Waals surface area contributed by atoms with Gasteiger partial charge in [-0.2, -0.15) is 5.26 Å². The van der Waals surface area contributed by atoms with Gasteiger partial charge in [0, 0.05) is 0 Å². The zero-order valence-corrected chi connectivity index (χ0v) is 7.98. The van der Waals surface area contributed by atoms with Crippen LogP contribution >= 0.6 is 0 Å². The predicted octanol–water partition coefficient (Wildman–Crippen LogP) is 2.06. The highest BCUT2D eigenvalue weighted by Crippen LogP contribution is 2.08. The Morgan fingerprint density at radius 1 is 1.43 bits per heavy atom. The van der Waals surface area contributed by atoms with E-state index in [0.717, 1.165) is 12.0 Å². The van der Waals surface area contributed by atoms with E-state index in [-0.39, 0.29) is 5.57 Å². The minimum atomic E-state index is -0.708. The Morgan fingerprint density at radius 2 is 2.07 bits per heavy atom. The molecule has 1 rings (SSSR count). The van der Waals surface area contributed by atoms with Crippen LogP contribution in [-0.4, -0.2) is 11.2 Å². The molecule has 0 heterocycles. The first-order valence-electron chi connectivity index (χ1n) is 4.55. The summed E-state index contributed by atoms with van der Waals surface area (Å²) in [5, 5.41) is 17.9. The summed E-state index contributed by atoms with van der Waals surface area (Å²) in [7, 11) is 0. The van der Waals surface area contributed by atoms with E-state index in [1.165, 1.54) is 0 Å². The number of aliphatic hydroxyl groups excluding tert-OH is 1. The second-order valence-electron chi connectivity index (χ2n) is 3.18. The van der Waals surface area contributed by atoms with Gasteiger partial charge >= 0.3 is 0 Å². The topological polar surface area (TPSA) is 44.0 Å². The zero-order chi connectivity index (χ0) is 10.4. The zero-order valence-electron chi connectivity index (χ0n) is 7.98. The lowest BCUT2D eigenvalue weighted by Gasteiger charge is -2.07. The number of hydrogen-bond donors (Lipinski definition) is 1. The summed E-state index contributed by atoms with van der Waals surface area (Å²) in [6, 6.07) is 11.7. The van der Waals surface area contributed by atoms with Crippen LogP contribution in [0, 0.1) is 11.3 Å². The summed E-state index contributed by atoms with van der Waals surface area (Å²) in [5.74, 6) is 0. The molecule has 14 heavy (non-hydrogen) atoms. The number of benzene rings is 1. The molecule has 0 aliphatic heterocycles. The molecule has 0 saturated carbocycles. The van der Waals surface area contributed by atoms with Gasteiger partial charge in [0.25, 0.3) is 0 Å². The third kappa shape index (κ3) is 3.04. The van der Waals surface area contributed by atoms with Crippen molar-refractivity contribution in [2.45, 2.75) is 18.9 Å². The Balaban J connectivity index is 2.43. The molecule has 0 unspecified atom stereocenters. The lowest BCUT2D eigenvalue weighted by atomic mass is 10.0. The molecule has 0 aliphatic carbocycles. The molecule has 0 fully saturated rings. The van der Waals surface area contributed by atoms with Crippen molar-refractivity contribution < 1.29 is 5.11 Å². The Bertz CT molecular complexity index is 337. The first kappa shape index (κ1) is 10.5. The van der Waals surface area contributed by atoms with E-state index >= 15 is 0 Å². The second kappa shape index (κ2) is 5.21. The van der Waals surface area contributed by atoms with Gasteiger partial charge in [-0.25, -0.2) is 0 Å². The van der Waals surface area contributed by atoms with Crippen LogP contribution in [0.15, 0.2) is 42.5 Å². The number of nitrogens with zero attached hydrogens (tertiary/aromatic N) is 1. The second-order valence-corrected chi connectivity index (χ2v) is 3.18. The first-order chi connectivity index (χ1) is 6.74. The number of aliphatic hydroxyl groups is 1. The van der Waals surface area contributed by atoms with Gasteiger partial charge in [-0.05, 0) is 18.4 Å². The highest BCUT2D eigenvalue weighted by Gasteiger charge is 2.07. The molecule has 0 aromatic heterocycles. The average Bonchev–Trinajstić information content (AvgIpc) is 2.26. The fraction of sp³-hybridized carbons (Fsp3) is 0.250. The van der Waals surface area contributed by atoms with Crippen molar-refractivity contribution in [3.8, 4) is 6.07 Å². The van der Waals surface area contributed by atoms with Gasteiger partial charge in [0.05, 0.1) is 17.7 Å². The Morgan fingerprint density at radius 3 is 2.64 bits per heavy atom. The van der Waals surface area contributed by atoms with Gasteiger partial charge in [-0.1, -0.05) is 36.9 Å². The molecular weight excluding hydrogens is 174 g/mol. The van der Waals surface area contributed by atoms with Gasteiger partial charge in [-0.3, -0.25) is 0 Å². The van der Waals surface area contributed by atoms with Crippen LogP contribution in [0.2, 0.25) is 0 Å². The van der Waals surface area contributed by atoms with Gasteiger partial charge in [0.1, 0.15) is 0 Å². The van der Waals surface area contributed by atoms with E-state index in [2.05, 4.69) is 6.58 Å². The van der Waals surface area contributed by atoms with E-state index in [4.69, 9.17) is 5.26 Å². The Labute approximate surface area is 84.1 Å². The predicted molar refractivity (Wildman–Crippen MR) is 55.5 cm³/mol. The summed E-state index contributed by atoms with van der Waals surface area (Å²) in [6.07, 6.45) is 0.610. The molecule has 0 spiro atoms. The fourth-order valence-corrected chi connectivity index (χ4v) is 1.20. The summed E-state index contributed by atoms with van der Waals surface area (Å²) in [6.45, 7) is 3.47. The van der Waals surface area contributed by atoms with Crippen LogP contribution in [0.1, 0.15) is 12.0 Å². The molecule has 1 aromatic rings. The van der Waals surface area contributed by atoms with Gasteiger partial charge < -0.3 is 5.11 Å². The highest BCUT2D eigenvalue weighted by atomic mass is 16.3. The van der Waals surface area contributed by atoms with Crippen LogP contribution in [0.5, 0.6) is 0 Å². The molecule has 1 aromatic carbocycles. The van der Waals surface area contributed by atoms with Gasteiger partial charge in [-0.15, -0.1) is 0 Å². The van der Waals surface area contributed by atoms with E-state index in [1.54, 1.807) is 0 Å². The molecule has 72 valence electrons. The van der Waals surface area contributed by atoms with Crippen LogP contribution < -0.4 is 0 Å². The maximum atomic E-state index is 9.46. The normalized spacial score (nSPS) is 11.7. The maximum Gasteiger partial charge on any atom is 0.0968 e. The Kier molecular flexibility index (Phi) is 3.90. The van der Waals surface area contributed by atoms with E-state index in [9.17, 15) is 5.11 Å². The number of nitriles is 1. The highest BCUT2D eigenvalue weighted by molar-refractivity contribution is 5.22. The molecule has 0 radical (unpaired) electrons. The van der Waals surface area contributed by atoms with Crippen molar-refractivity contribution in [3.05, 3.63) is 48.0 Å². The number of hydrogen-bond acceptors (Lipinski definition) is 2. The molecule has 2 heteroatoms. The lowest BCUT2D eigenvalue weighted by Crippen LogP contribution is -2.09. The lowest BCUT2D eigenvalue weighted by molar-refractivity contribution is 0.206. The molecule has 0 amide bonds. The number of aryl methyl sites for hydroxylation is 1. The van der Waals surface area contributed by atoms with Crippen LogP contribution in [0.25, 0.3) is 0 Å². The SMILES string of the molecule is C=C(C#N)[C@@H](O)CCc1ccccc1. The summed E-state index contributed by atoms with van der Waals surface area (Å²) in [5.41, 5.74) is 1.40. The molecule has 0 saturated heterocycles. The smallest absolute Gasteiger partial charge is 0.0968 e. The van der Waals surface area contributed by atoms with Crippen molar-refractivity contribution in [1.29, 1.82) is 5.26 Å². The fourth-order valence-electron chi connectivity index (χ4n) is 1.20. The average molecular weight is 187 g/mol. The molecule has 1 atom stereocenters. The monoisotopic (exact) mass is 187 g/mol. The summed E-state index contributed by atoms with van der Waals surface area (Å²) < 4.78 is 0. The van der Waals surface area contributed by atoms with Gasteiger partial charge in [0.15, 0.2) is 0 Å². The van der Waals surface area contributed by atoms with E-state index in [0.29, 0.717) is 6.42 Å². The van der Waals surface area contributed by atoms with Crippen LogP contribution in [0.4, 0.5) is 0 Å². The van der Waals surface area contributed by atoms with Crippen molar-refractivity contribution in [2.24, 2.45) is 0 Å². The standard InChI is InChI=1S/C12H13NO/c1-10(9-13)12(14)8-7-11-5-3-2-4-6-11/h2-6,12,14H,1,7-8H2/t12-/m0/s1. The van der Waals surface area contributed by atoms with Crippen molar-refractivity contribution in [2.75, 3.05) is 0 Å². The first-order valence-corrected chi connectivity index (χ1v) is 4.55. The van der Waals surface area contributed by atoms with Crippen molar-refractivity contribution in [3.63, 3.8) is 0 Å². The molecule has 1 N–H and O–H groups in total. The minimum Gasteiger partial charge on any atom is -0.388 e. The van der Waals surface area contributed by atoms with Gasteiger partial charge in [0.2, 0.25) is 0 Å². The maximum absolute atomic E-state index is 9.46. The quantitative estimate of drug-likeness (QED) is 0.733. The van der Waals surface area contributed by atoms with Crippen LogP contribution in [-0.2, 0) is 6.42 Å². The molecule has 0 bridgehead atoms. The van der Waals surface area contributed by atoms with Crippen molar-refractivity contribution in [1.82, 2.24) is 0 Å². The minimum absolute atomic E-state index is 0.237. The summed E-state index contributed by atoms with van der Waals surface area (Å²) in [4.78, 5) is 0. The largest absolute Gasteiger partial charge is 0.388 e. The Hall–Kier alpha value is -1.59. The van der Waals surface area contributed by atoms with Crippen molar-refractivity contribution >= 4 is 0 Å². The number of rotatable bonds is 4. The summed E-state index contributed by atoms with van der Waals surface area (Å²) >= 11 is 0. The van der Waals surface area contributed by atoms with E-state index < -0.39 is 6.10 Å². The van der Waals surface area contributed by atoms with E-state index in [1.807, 2.05) is 36.4 Å². The third-order valence-corrected chi connectivity index (χ3v) is 2.10. The molecule has 2 nitrogen and oxygen atoms in total. The molecular formula is C12H13NO. The van der Waals surface area contributed by atoms with Crippen LogP contribution in [0.3, 0.4) is 0 Å². The molecule has 0 aliphatic rings.